The second-order valence-electron chi connectivity index (χ2n) is 6.10. The van der Waals surface area contributed by atoms with Crippen molar-refractivity contribution in [1.82, 2.24) is 10.2 Å². The van der Waals surface area contributed by atoms with Crippen LogP contribution in [0, 0.1) is 5.82 Å². The Morgan fingerprint density at radius 2 is 1.85 bits per heavy atom. The second-order valence-corrected chi connectivity index (χ2v) is 6.89. The maximum absolute atomic E-state index is 13.1. The van der Waals surface area contributed by atoms with Gasteiger partial charge in [0.15, 0.2) is 0 Å². The van der Waals surface area contributed by atoms with E-state index in [1.807, 2.05) is 0 Å². The third-order valence-corrected chi connectivity index (χ3v) is 5.04. The molecule has 1 aliphatic heterocycles. The normalized spacial score (nSPS) is 19.2. The number of urea groups is 1. The van der Waals surface area contributed by atoms with Crippen molar-refractivity contribution in [3.63, 3.8) is 0 Å². The summed E-state index contributed by atoms with van der Waals surface area (Å²) in [6, 6.07) is 9.17. The number of nitrogens with one attached hydrogen (secondary N) is 2. The fraction of sp³-hybridized carbons (Fsp3) is 0.167. The lowest BCUT2D eigenvalue weighted by atomic mass is 9.92. The van der Waals surface area contributed by atoms with Gasteiger partial charge in [-0.25, -0.2) is 9.18 Å². The third-order valence-electron chi connectivity index (χ3n) is 4.22. The third kappa shape index (κ3) is 3.61. The molecule has 1 aliphatic rings. The van der Waals surface area contributed by atoms with Gasteiger partial charge in [-0.3, -0.25) is 14.5 Å². The molecule has 27 heavy (non-hydrogen) atoms. The molecule has 1 saturated heterocycles. The number of imide groups is 1. The molecular formula is C18H14Cl2FN3O3. The smallest absolute Gasteiger partial charge is 0.323 e. The van der Waals surface area contributed by atoms with Crippen LogP contribution in [0.2, 0.25) is 10.0 Å². The van der Waals surface area contributed by atoms with E-state index >= 15 is 0 Å². The highest BCUT2D eigenvalue weighted by Gasteiger charge is 2.49. The minimum atomic E-state index is -1.39. The van der Waals surface area contributed by atoms with Gasteiger partial charge in [0.2, 0.25) is 5.91 Å². The first-order chi connectivity index (χ1) is 12.7. The minimum absolute atomic E-state index is 0.154. The van der Waals surface area contributed by atoms with Gasteiger partial charge in [-0.2, -0.15) is 0 Å². The van der Waals surface area contributed by atoms with Gasteiger partial charge in [0.25, 0.3) is 5.91 Å². The molecule has 2 aromatic carbocycles. The van der Waals surface area contributed by atoms with Crippen LogP contribution in [-0.4, -0.2) is 29.3 Å². The standard InChI is InChI=1S/C18H14Cl2FN3O3/c1-18(10-5-7-11(21)8-6-10)16(26)24(17(27)23-18)9-14(25)22-13-4-2-3-12(19)15(13)20/h2-8H,9H2,1H3,(H,22,25)(H,23,27). The average Bonchev–Trinajstić information content (AvgIpc) is 2.83. The van der Waals surface area contributed by atoms with Crippen LogP contribution < -0.4 is 10.6 Å². The first-order valence-corrected chi connectivity index (χ1v) is 8.62. The van der Waals surface area contributed by atoms with Gasteiger partial charge in [0.05, 0.1) is 15.7 Å². The number of halogens is 3. The summed E-state index contributed by atoms with van der Waals surface area (Å²) in [5.41, 5.74) is -0.718. The Morgan fingerprint density at radius 1 is 1.19 bits per heavy atom. The predicted molar refractivity (Wildman–Crippen MR) is 99.1 cm³/mol. The quantitative estimate of drug-likeness (QED) is 0.757. The van der Waals surface area contributed by atoms with Crippen molar-refractivity contribution in [2.75, 3.05) is 11.9 Å². The highest BCUT2D eigenvalue weighted by molar-refractivity contribution is 6.44. The van der Waals surface area contributed by atoms with E-state index in [4.69, 9.17) is 23.2 Å². The molecule has 6 nitrogen and oxygen atoms in total. The topological polar surface area (TPSA) is 78.5 Å². The summed E-state index contributed by atoms with van der Waals surface area (Å²) in [6.45, 7) is 0.983. The van der Waals surface area contributed by atoms with E-state index < -0.39 is 35.7 Å². The molecule has 0 spiro atoms. The SMILES string of the molecule is CC1(c2ccc(F)cc2)NC(=O)N(CC(=O)Nc2cccc(Cl)c2Cl)C1=O. The van der Waals surface area contributed by atoms with Crippen molar-refractivity contribution in [3.8, 4) is 0 Å². The Kier molecular flexibility index (Phi) is 5.08. The van der Waals surface area contributed by atoms with Crippen LogP contribution in [0.3, 0.4) is 0 Å². The molecule has 0 bridgehead atoms. The zero-order chi connectivity index (χ0) is 19.8. The summed E-state index contributed by atoms with van der Waals surface area (Å²) in [4.78, 5) is 38.1. The van der Waals surface area contributed by atoms with Crippen LogP contribution in [-0.2, 0) is 15.1 Å². The predicted octanol–water partition coefficient (Wildman–Crippen LogP) is 3.54. The summed E-state index contributed by atoms with van der Waals surface area (Å²) in [5.74, 6) is -1.70. The van der Waals surface area contributed by atoms with E-state index in [0.717, 1.165) is 4.90 Å². The zero-order valence-electron chi connectivity index (χ0n) is 14.1. The van der Waals surface area contributed by atoms with Crippen molar-refractivity contribution in [3.05, 3.63) is 63.9 Å². The van der Waals surface area contributed by atoms with E-state index in [-0.39, 0.29) is 15.7 Å². The Labute approximate surface area is 164 Å². The number of hydrogen-bond acceptors (Lipinski definition) is 3. The Balaban J connectivity index is 1.76. The van der Waals surface area contributed by atoms with Crippen LogP contribution >= 0.6 is 23.2 Å². The first-order valence-electron chi connectivity index (χ1n) is 7.86. The van der Waals surface area contributed by atoms with Crippen molar-refractivity contribution in [2.45, 2.75) is 12.5 Å². The number of nitrogens with zero attached hydrogens (tertiary/aromatic N) is 1. The molecule has 3 rings (SSSR count). The molecule has 2 aromatic rings. The molecule has 1 fully saturated rings. The lowest BCUT2D eigenvalue weighted by Crippen LogP contribution is -2.42. The Bertz CT molecular complexity index is 936. The number of carbonyl (C=O) groups is 3. The van der Waals surface area contributed by atoms with Gasteiger partial charge < -0.3 is 10.6 Å². The summed E-state index contributed by atoms with van der Waals surface area (Å²) in [7, 11) is 0. The van der Waals surface area contributed by atoms with Crippen LogP contribution in [0.5, 0.6) is 0 Å². The number of benzene rings is 2. The monoisotopic (exact) mass is 409 g/mol. The molecule has 140 valence electrons. The van der Waals surface area contributed by atoms with E-state index in [1.54, 1.807) is 18.2 Å². The summed E-state index contributed by atoms with van der Waals surface area (Å²) in [6.07, 6.45) is 0. The second kappa shape index (κ2) is 7.17. The highest BCUT2D eigenvalue weighted by atomic mass is 35.5. The number of hydrogen-bond donors (Lipinski definition) is 2. The van der Waals surface area contributed by atoms with Gasteiger partial charge in [0.1, 0.15) is 17.9 Å². The van der Waals surface area contributed by atoms with Crippen LogP contribution in [0.1, 0.15) is 12.5 Å². The molecule has 1 heterocycles. The van der Waals surface area contributed by atoms with Crippen molar-refractivity contribution in [2.24, 2.45) is 0 Å². The number of carbonyl (C=O) groups excluding carboxylic acids is 3. The van der Waals surface area contributed by atoms with Gasteiger partial charge in [-0.15, -0.1) is 0 Å². The molecule has 0 aliphatic carbocycles. The fourth-order valence-electron chi connectivity index (χ4n) is 2.75. The summed E-state index contributed by atoms with van der Waals surface area (Å²) >= 11 is 11.9. The lowest BCUT2D eigenvalue weighted by molar-refractivity contribution is -0.133. The van der Waals surface area contributed by atoms with Crippen molar-refractivity contribution in [1.29, 1.82) is 0 Å². The van der Waals surface area contributed by atoms with E-state index in [1.165, 1.54) is 31.2 Å². The lowest BCUT2D eigenvalue weighted by Gasteiger charge is -2.22. The maximum Gasteiger partial charge on any atom is 0.325 e. The maximum atomic E-state index is 13.1. The summed E-state index contributed by atoms with van der Waals surface area (Å²) < 4.78 is 13.1. The fourth-order valence-corrected chi connectivity index (χ4v) is 3.10. The van der Waals surface area contributed by atoms with Crippen molar-refractivity contribution >= 4 is 46.7 Å². The Morgan fingerprint density at radius 3 is 2.52 bits per heavy atom. The van der Waals surface area contributed by atoms with Gasteiger partial charge in [-0.1, -0.05) is 41.4 Å². The molecule has 0 radical (unpaired) electrons. The minimum Gasteiger partial charge on any atom is -0.323 e. The van der Waals surface area contributed by atoms with E-state index in [0.29, 0.717) is 5.56 Å². The van der Waals surface area contributed by atoms with Gasteiger partial charge in [-0.05, 0) is 36.8 Å². The largest absolute Gasteiger partial charge is 0.325 e. The molecule has 1 atom stereocenters. The molecule has 1 unspecified atom stereocenters. The molecule has 0 saturated carbocycles. The first kappa shape index (κ1) is 19.1. The molecule has 4 amide bonds. The number of rotatable bonds is 4. The zero-order valence-corrected chi connectivity index (χ0v) is 15.6. The van der Waals surface area contributed by atoms with Crippen LogP contribution in [0.15, 0.2) is 42.5 Å². The Hall–Kier alpha value is -2.64. The number of anilines is 1. The highest BCUT2D eigenvalue weighted by Crippen LogP contribution is 2.31. The van der Waals surface area contributed by atoms with Crippen LogP contribution in [0.4, 0.5) is 14.9 Å². The average molecular weight is 410 g/mol. The molecule has 2 N–H and O–H groups in total. The summed E-state index contributed by atoms with van der Waals surface area (Å²) in [5, 5.41) is 5.47. The molecular weight excluding hydrogens is 396 g/mol. The van der Waals surface area contributed by atoms with Gasteiger partial charge >= 0.3 is 6.03 Å². The van der Waals surface area contributed by atoms with E-state index in [9.17, 15) is 18.8 Å². The molecule has 0 aromatic heterocycles. The van der Waals surface area contributed by atoms with Crippen molar-refractivity contribution < 1.29 is 18.8 Å². The van der Waals surface area contributed by atoms with Crippen LogP contribution in [0.25, 0.3) is 0 Å². The van der Waals surface area contributed by atoms with E-state index in [2.05, 4.69) is 10.6 Å². The van der Waals surface area contributed by atoms with Gasteiger partial charge in [0, 0.05) is 0 Å². The molecule has 9 heteroatoms. The number of amides is 4.